The molecular formula is C9H14N2O. The van der Waals surface area contributed by atoms with E-state index in [1.54, 1.807) is 12.3 Å². The van der Waals surface area contributed by atoms with Gasteiger partial charge < -0.3 is 10.3 Å². The molecule has 0 aliphatic rings. The highest BCUT2D eigenvalue weighted by Gasteiger charge is 2.07. The molecule has 3 heteroatoms. The second-order valence-electron chi connectivity index (χ2n) is 2.87. The fourth-order valence-electron chi connectivity index (χ4n) is 0.875. The molecular weight excluding hydrogens is 152 g/mol. The number of amides is 1. The van der Waals surface area contributed by atoms with Gasteiger partial charge in [-0.1, -0.05) is 6.92 Å². The van der Waals surface area contributed by atoms with Gasteiger partial charge in [-0.25, -0.2) is 0 Å². The van der Waals surface area contributed by atoms with Crippen LogP contribution in [0.4, 0.5) is 0 Å². The van der Waals surface area contributed by atoms with E-state index in [9.17, 15) is 4.79 Å². The van der Waals surface area contributed by atoms with Crippen LogP contribution < -0.4 is 5.32 Å². The first kappa shape index (κ1) is 8.84. The second kappa shape index (κ2) is 3.95. The molecule has 0 spiro atoms. The third kappa shape index (κ3) is 2.12. The lowest BCUT2D eigenvalue weighted by molar-refractivity contribution is 0.0935. The summed E-state index contributed by atoms with van der Waals surface area (Å²) in [6.45, 7) is 4.03. The molecule has 1 unspecified atom stereocenters. The van der Waals surface area contributed by atoms with Gasteiger partial charge >= 0.3 is 0 Å². The lowest BCUT2D eigenvalue weighted by atomic mass is 10.2. The van der Waals surface area contributed by atoms with Crippen LogP contribution in [0.15, 0.2) is 18.3 Å². The minimum absolute atomic E-state index is 0.0330. The zero-order chi connectivity index (χ0) is 8.97. The first-order chi connectivity index (χ1) is 5.74. The molecule has 0 aromatic carbocycles. The van der Waals surface area contributed by atoms with Crippen LogP contribution in [0.25, 0.3) is 0 Å². The number of nitrogens with one attached hydrogen (secondary N) is 2. The number of carbonyl (C=O) groups excluding carboxylic acids is 1. The third-order valence-corrected chi connectivity index (χ3v) is 1.83. The molecule has 1 aromatic rings. The second-order valence-corrected chi connectivity index (χ2v) is 2.87. The van der Waals surface area contributed by atoms with E-state index in [0.29, 0.717) is 5.69 Å². The predicted molar refractivity (Wildman–Crippen MR) is 48.0 cm³/mol. The molecule has 1 rings (SSSR count). The number of aromatic nitrogens is 1. The lowest BCUT2D eigenvalue weighted by Crippen LogP contribution is -2.32. The molecule has 3 nitrogen and oxygen atoms in total. The minimum atomic E-state index is -0.0330. The smallest absolute Gasteiger partial charge is 0.267 e. The van der Waals surface area contributed by atoms with Gasteiger partial charge in [0.1, 0.15) is 5.69 Å². The number of rotatable bonds is 3. The summed E-state index contributed by atoms with van der Waals surface area (Å²) in [4.78, 5) is 14.2. The van der Waals surface area contributed by atoms with Crippen molar-refractivity contribution >= 4 is 5.91 Å². The number of hydrogen-bond donors (Lipinski definition) is 2. The fraction of sp³-hybridized carbons (Fsp3) is 0.444. The molecule has 0 saturated carbocycles. The first-order valence-corrected chi connectivity index (χ1v) is 4.18. The Kier molecular flexibility index (Phi) is 2.91. The molecule has 1 aromatic heterocycles. The first-order valence-electron chi connectivity index (χ1n) is 4.18. The standard InChI is InChI=1S/C9H14N2O/c1-3-7(2)11-9(12)8-5-4-6-10-8/h4-7,10H,3H2,1-2H3,(H,11,12). The van der Waals surface area contributed by atoms with E-state index < -0.39 is 0 Å². The van der Waals surface area contributed by atoms with Crippen molar-refractivity contribution in [2.45, 2.75) is 26.3 Å². The summed E-state index contributed by atoms with van der Waals surface area (Å²) in [5, 5.41) is 2.86. The Labute approximate surface area is 72.2 Å². The van der Waals surface area contributed by atoms with E-state index >= 15 is 0 Å². The van der Waals surface area contributed by atoms with Crippen LogP contribution in [0.1, 0.15) is 30.8 Å². The topological polar surface area (TPSA) is 44.9 Å². The van der Waals surface area contributed by atoms with Gasteiger partial charge in [-0.15, -0.1) is 0 Å². The average Bonchev–Trinajstić information content (AvgIpc) is 2.56. The monoisotopic (exact) mass is 166 g/mol. The maximum absolute atomic E-state index is 11.3. The van der Waals surface area contributed by atoms with Crippen molar-refractivity contribution in [3.05, 3.63) is 24.0 Å². The Morgan fingerprint density at radius 1 is 1.75 bits per heavy atom. The number of H-pyrrole nitrogens is 1. The molecule has 12 heavy (non-hydrogen) atoms. The predicted octanol–water partition coefficient (Wildman–Crippen LogP) is 1.54. The van der Waals surface area contributed by atoms with Crippen molar-refractivity contribution < 1.29 is 4.79 Å². The normalized spacial score (nSPS) is 12.5. The van der Waals surface area contributed by atoms with Crippen LogP contribution in [-0.2, 0) is 0 Å². The molecule has 0 saturated heterocycles. The summed E-state index contributed by atoms with van der Waals surface area (Å²) in [6.07, 6.45) is 2.69. The van der Waals surface area contributed by atoms with Crippen LogP contribution in [-0.4, -0.2) is 16.9 Å². The zero-order valence-corrected chi connectivity index (χ0v) is 7.42. The SMILES string of the molecule is CCC(C)NC(=O)c1ccc[nH]1. The van der Waals surface area contributed by atoms with Crippen LogP contribution in [0.5, 0.6) is 0 Å². The van der Waals surface area contributed by atoms with Crippen LogP contribution in [0.2, 0.25) is 0 Å². The van der Waals surface area contributed by atoms with E-state index in [1.807, 2.05) is 19.9 Å². The van der Waals surface area contributed by atoms with E-state index in [-0.39, 0.29) is 11.9 Å². The molecule has 1 heterocycles. The Morgan fingerprint density at radius 2 is 2.50 bits per heavy atom. The van der Waals surface area contributed by atoms with E-state index in [1.165, 1.54) is 0 Å². The van der Waals surface area contributed by atoms with Crippen LogP contribution in [0, 0.1) is 0 Å². The minimum Gasteiger partial charge on any atom is -0.357 e. The van der Waals surface area contributed by atoms with E-state index in [4.69, 9.17) is 0 Å². The van der Waals surface area contributed by atoms with Gasteiger partial charge in [-0.2, -0.15) is 0 Å². The number of aromatic amines is 1. The molecule has 1 atom stereocenters. The number of hydrogen-bond acceptors (Lipinski definition) is 1. The fourth-order valence-corrected chi connectivity index (χ4v) is 0.875. The van der Waals surface area contributed by atoms with Crippen molar-refractivity contribution in [3.63, 3.8) is 0 Å². The summed E-state index contributed by atoms with van der Waals surface area (Å²) >= 11 is 0. The highest BCUT2D eigenvalue weighted by atomic mass is 16.1. The molecule has 0 aliphatic heterocycles. The largest absolute Gasteiger partial charge is 0.357 e. The maximum Gasteiger partial charge on any atom is 0.267 e. The van der Waals surface area contributed by atoms with Gasteiger partial charge in [0.2, 0.25) is 0 Å². The Morgan fingerprint density at radius 3 is 3.00 bits per heavy atom. The van der Waals surface area contributed by atoms with Crippen molar-refractivity contribution in [2.24, 2.45) is 0 Å². The van der Waals surface area contributed by atoms with Gasteiger partial charge in [0.05, 0.1) is 0 Å². The molecule has 1 amide bonds. The Bertz CT molecular complexity index is 241. The quantitative estimate of drug-likeness (QED) is 0.703. The van der Waals surface area contributed by atoms with Crippen molar-refractivity contribution in [3.8, 4) is 0 Å². The highest BCUT2D eigenvalue weighted by Crippen LogP contribution is 1.96. The summed E-state index contributed by atoms with van der Waals surface area (Å²) in [5.41, 5.74) is 0.621. The average molecular weight is 166 g/mol. The third-order valence-electron chi connectivity index (χ3n) is 1.83. The maximum atomic E-state index is 11.3. The van der Waals surface area contributed by atoms with Gasteiger partial charge in [0, 0.05) is 12.2 Å². The molecule has 0 aliphatic carbocycles. The summed E-state index contributed by atoms with van der Waals surface area (Å²) in [5.74, 6) is -0.0330. The molecule has 66 valence electrons. The molecule has 0 bridgehead atoms. The highest BCUT2D eigenvalue weighted by molar-refractivity contribution is 5.92. The van der Waals surface area contributed by atoms with Gasteiger partial charge in [-0.3, -0.25) is 4.79 Å². The van der Waals surface area contributed by atoms with E-state index in [2.05, 4.69) is 10.3 Å². The van der Waals surface area contributed by atoms with Gasteiger partial charge in [0.25, 0.3) is 5.91 Å². The van der Waals surface area contributed by atoms with Gasteiger partial charge in [0.15, 0.2) is 0 Å². The van der Waals surface area contributed by atoms with E-state index in [0.717, 1.165) is 6.42 Å². The van der Waals surface area contributed by atoms with Gasteiger partial charge in [-0.05, 0) is 25.5 Å². The molecule has 0 radical (unpaired) electrons. The zero-order valence-electron chi connectivity index (χ0n) is 7.42. The van der Waals surface area contributed by atoms with Crippen molar-refractivity contribution in [1.82, 2.24) is 10.3 Å². The molecule has 0 fully saturated rings. The summed E-state index contributed by atoms with van der Waals surface area (Å²) in [7, 11) is 0. The van der Waals surface area contributed by atoms with Crippen LogP contribution >= 0.6 is 0 Å². The number of carbonyl (C=O) groups is 1. The van der Waals surface area contributed by atoms with Crippen LogP contribution in [0.3, 0.4) is 0 Å². The lowest BCUT2D eigenvalue weighted by Gasteiger charge is -2.09. The Balaban J connectivity index is 2.50. The van der Waals surface area contributed by atoms with Crippen molar-refractivity contribution in [1.29, 1.82) is 0 Å². The molecule has 2 N–H and O–H groups in total. The summed E-state index contributed by atoms with van der Waals surface area (Å²) in [6, 6.07) is 3.81. The summed E-state index contributed by atoms with van der Waals surface area (Å²) < 4.78 is 0. The Hall–Kier alpha value is -1.25. The van der Waals surface area contributed by atoms with Crippen molar-refractivity contribution in [2.75, 3.05) is 0 Å².